The molecule has 1 aromatic heterocycles. The van der Waals surface area contributed by atoms with Crippen LogP contribution in [-0.4, -0.2) is 24.6 Å². The summed E-state index contributed by atoms with van der Waals surface area (Å²) in [4.78, 5) is 17.3. The summed E-state index contributed by atoms with van der Waals surface area (Å²) in [6.45, 7) is 9.50. The maximum absolute atomic E-state index is 12.4. The van der Waals surface area contributed by atoms with Crippen LogP contribution in [0.3, 0.4) is 0 Å². The Morgan fingerprint density at radius 1 is 1.07 bits per heavy atom. The Bertz CT molecular complexity index is 1150. The van der Waals surface area contributed by atoms with E-state index in [1.807, 2.05) is 5.38 Å². The minimum Gasteiger partial charge on any atom is -0.302 e. The van der Waals surface area contributed by atoms with Crippen molar-refractivity contribution in [1.29, 1.82) is 0 Å². The lowest BCUT2D eigenvalue weighted by atomic mass is 9.98. The first-order valence-electron chi connectivity index (χ1n) is 9.74. The molecular formula is C23H26N2O3S2. The first-order chi connectivity index (χ1) is 14.1. The van der Waals surface area contributed by atoms with Crippen LogP contribution in [0, 0.1) is 20.8 Å². The van der Waals surface area contributed by atoms with Gasteiger partial charge in [-0.15, -0.1) is 11.3 Å². The van der Waals surface area contributed by atoms with Gasteiger partial charge < -0.3 is 5.32 Å². The third kappa shape index (κ3) is 4.79. The van der Waals surface area contributed by atoms with Gasteiger partial charge in [-0.2, -0.15) is 0 Å². The number of nitrogens with zero attached hydrogens (tertiary/aromatic N) is 1. The Kier molecular flexibility index (Phi) is 6.43. The summed E-state index contributed by atoms with van der Waals surface area (Å²) in [5.74, 6) is -0.187. The molecule has 1 N–H and O–H groups in total. The van der Waals surface area contributed by atoms with Crippen LogP contribution in [0.25, 0.3) is 11.3 Å². The summed E-state index contributed by atoms with van der Waals surface area (Å²) in [5.41, 5.74) is 6.23. The fraction of sp³-hybridized carbons (Fsp3) is 0.304. The number of aromatic nitrogens is 1. The normalized spacial score (nSPS) is 11.7. The molecule has 0 radical (unpaired) electrons. The highest BCUT2D eigenvalue weighted by molar-refractivity contribution is 7.92. The summed E-state index contributed by atoms with van der Waals surface area (Å²) in [7, 11) is -3.31. The molecule has 3 aromatic rings. The molecule has 1 amide bonds. The van der Waals surface area contributed by atoms with Gasteiger partial charge in [0.1, 0.15) is 0 Å². The van der Waals surface area contributed by atoms with Crippen molar-refractivity contribution in [3.8, 4) is 11.3 Å². The molecule has 0 saturated heterocycles. The topological polar surface area (TPSA) is 76.1 Å². The van der Waals surface area contributed by atoms with Crippen molar-refractivity contribution >= 4 is 32.2 Å². The summed E-state index contributed by atoms with van der Waals surface area (Å²) in [6.07, 6.45) is 0.152. The number of carbonyl (C=O) groups excluding carboxylic acids is 1. The van der Waals surface area contributed by atoms with E-state index >= 15 is 0 Å². The Balaban J connectivity index is 1.70. The Hall–Kier alpha value is -2.51. The largest absolute Gasteiger partial charge is 0.302 e. The van der Waals surface area contributed by atoms with E-state index in [2.05, 4.69) is 43.2 Å². The minimum atomic E-state index is -3.31. The highest BCUT2D eigenvalue weighted by Gasteiger charge is 2.19. The molecule has 0 fully saturated rings. The number of anilines is 1. The number of carbonyl (C=O) groups is 1. The molecule has 3 rings (SSSR count). The van der Waals surface area contributed by atoms with Crippen molar-refractivity contribution in [2.24, 2.45) is 0 Å². The second-order valence-electron chi connectivity index (χ2n) is 7.77. The average Bonchev–Trinajstić information content (AvgIpc) is 3.08. The molecule has 0 aliphatic carbocycles. The number of rotatable bonds is 6. The highest BCUT2D eigenvalue weighted by atomic mass is 32.2. The molecule has 158 valence electrons. The first-order valence-corrected chi connectivity index (χ1v) is 12.2. The third-order valence-corrected chi connectivity index (χ3v) is 7.85. The van der Waals surface area contributed by atoms with Gasteiger partial charge in [-0.3, -0.25) is 4.79 Å². The van der Waals surface area contributed by atoms with Crippen LogP contribution < -0.4 is 5.32 Å². The van der Waals surface area contributed by atoms with Crippen molar-refractivity contribution in [2.45, 2.75) is 51.2 Å². The van der Waals surface area contributed by atoms with E-state index in [1.165, 1.54) is 16.9 Å². The molecule has 2 aromatic carbocycles. The molecule has 0 aliphatic rings. The summed E-state index contributed by atoms with van der Waals surface area (Å²) in [6, 6.07) is 10.7. The molecule has 0 bridgehead atoms. The fourth-order valence-electron chi connectivity index (χ4n) is 3.45. The maximum atomic E-state index is 12.4. The summed E-state index contributed by atoms with van der Waals surface area (Å²) >= 11 is 1.39. The zero-order chi connectivity index (χ0) is 22.1. The van der Waals surface area contributed by atoms with Crippen LogP contribution in [-0.2, 0) is 21.1 Å². The van der Waals surface area contributed by atoms with Gasteiger partial charge in [0.25, 0.3) is 0 Å². The average molecular weight is 443 g/mol. The van der Waals surface area contributed by atoms with Crippen LogP contribution in [0.2, 0.25) is 0 Å². The summed E-state index contributed by atoms with van der Waals surface area (Å²) < 4.78 is 24.4. The molecule has 30 heavy (non-hydrogen) atoms. The zero-order valence-electron chi connectivity index (χ0n) is 17.8. The van der Waals surface area contributed by atoms with E-state index in [4.69, 9.17) is 0 Å². The van der Waals surface area contributed by atoms with Crippen LogP contribution in [0.5, 0.6) is 0 Å². The number of thiazole rings is 1. The molecule has 0 atom stereocenters. The lowest BCUT2D eigenvalue weighted by Gasteiger charge is -2.09. The lowest BCUT2D eigenvalue weighted by Crippen LogP contribution is -2.15. The number of aryl methyl sites for hydroxylation is 3. The standard InChI is InChI=1S/C23H26N2O3S2/c1-14(2)30(27,28)19-8-6-18(7-9-19)12-21(26)25-23-24-20(13-29-23)22-16(4)10-15(3)11-17(22)5/h6-11,13-14H,12H2,1-5H3,(H,24,25,26). The Morgan fingerprint density at radius 2 is 1.67 bits per heavy atom. The van der Waals surface area contributed by atoms with Gasteiger partial charge in [-0.25, -0.2) is 13.4 Å². The monoisotopic (exact) mass is 442 g/mol. The molecule has 0 saturated carbocycles. The lowest BCUT2D eigenvalue weighted by molar-refractivity contribution is -0.115. The van der Waals surface area contributed by atoms with Gasteiger partial charge in [0.2, 0.25) is 5.91 Å². The molecule has 7 heteroatoms. The third-order valence-electron chi connectivity index (χ3n) is 4.92. The second-order valence-corrected chi connectivity index (χ2v) is 11.1. The molecule has 0 unspecified atom stereocenters. The van der Waals surface area contributed by atoms with Crippen molar-refractivity contribution < 1.29 is 13.2 Å². The fourth-order valence-corrected chi connectivity index (χ4v) is 5.23. The smallest absolute Gasteiger partial charge is 0.230 e. The van der Waals surface area contributed by atoms with E-state index in [1.54, 1.807) is 38.1 Å². The summed E-state index contributed by atoms with van der Waals surface area (Å²) in [5, 5.41) is 4.86. The van der Waals surface area contributed by atoms with E-state index in [0.29, 0.717) is 5.13 Å². The van der Waals surface area contributed by atoms with Gasteiger partial charge in [0.15, 0.2) is 15.0 Å². The van der Waals surface area contributed by atoms with Crippen molar-refractivity contribution in [2.75, 3.05) is 5.32 Å². The van der Waals surface area contributed by atoms with Crippen molar-refractivity contribution in [1.82, 2.24) is 4.98 Å². The quantitative estimate of drug-likeness (QED) is 0.576. The van der Waals surface area contributed by atoms with E-state index in [9.17, 15) is 13.2 Å². The predicted molar refractivity (Wildman–Crippen MR) is 123 cm³/mol. The number of hydrogen-bond donors (Lipinski definition) is 1. The SMILES string of the molecule is Cc1cc(C)c(-c2csc(NC(=O)Cc3ccc(S(=O)(=O)C(C)C)cc3)n2)c(C)c1. The Morgan fingerprint density at radius 3 is 2.23 bits per heavy atom. The number of sulfone groups is 1. The van der Waals surface area contributed by atoms with Gasteiger partial charge >= 0.3 is 0 Å². The van der Waals surface area contributed by atoms with Crippen molar-refractivity contribution in [3.63, 3.8) is 0 Å². The zero-order valence-corrected chi connectivity index (χ0v) is 19.4. The molecule has 0 aliphatic heterocycles. The molecule has 5 nitrogen and oxygen atoms in total. The van der Waals surface area contributed by atoms with E-state index in [-0.39, 0.29) is 17.2 Å². The van der Waals surface area contributed by atoms with Gasteiger partial charge in [-0.05, 0) is 63.4 Å². The number of nitrogens with one attached hydrogen (secondary N) is 1. The van der Waals surface area contributed by atoms with Crippen LogP contribution >= 0.6 is 11.3 Å². The molecule has 0 spiro atoms. The number of amides is 1. The van der Waals surface area contributed by atoms with Crippen LogP contribution in [0.1, 0.15) is 36.1 Å². The highest BCUT2D eigenvalue weighted by Crippen LogP contribution is 2.31. The minimum absolute atomic E-state index is 0.152. The number of hydrogen-bond acceptors (Lipinski definition) is 5. The van der Waals surface area contributed by atoms with Gasteiger partial charge in [0.05, 0.1) is 22.3 Å². The number of benzene rings is 2. The maximum Gasteiger partial charge on any atom is 0.230 e. The van der Waals surface area contributed by atoms with E-state index < -0.39 is 15.1 Å². The van der Waals surface area contributed by atoms with Crippen LogP contribution in [0.15, 0.2) is 46.7 Å². The van der Waals surface area contributed by atoms with Gasteiger partial charge in [-0.1, -0.05) is 29.8 Å². The molecule has 1 heterocycles. The first kappa shape index (κ1) is 22.2. The second kappa shape index (κ2) is 8.70. The van der Waals surface area contributed by atoms with E-state index in [0.717, 1.165) is 27.9 Å². The van der Waals surface area contributed by atoms with Crippen molar-refractivity contribution in [3.05, 3.63) is 64.0 Å². The molecular weight excluding hydrogens is 416 g/mol. The Labute approximate surface area is 182 Å². The van der Waals surface area contributed by atoms with Crippen LogP contribution in [0.4, 0.5) is 5.13 Å². The van der Waals surface area contributed by atoms with Gasteiger partial charge in [0, 0.05) is 10.9 Å². The predicted octanol–water partition coefficient (Wildman–Crippen LogP) is 5.10.